The van der Waals surface area contributed by atoms with Crippen LogP contribution in [0.5, 0.6) is 0 Å². The van der Waals surface area contributed by atoms with E-state index in [1.165, 1.54) is 0 Å². The first-order chi connectivity index (χ1) is 9.91. The Balaban J connectivity index is 2.35. The van der Waals surface area contributed by atoms with Gasteiger partial charge in [0.05, 0.1) is 6.42 Å². The molecule has 112 valence electrons. The van der Waals surface area contributed by atoms with Gasteiger partial charge in [0.25, 0.3) is 5.91 Å². The first kappa shape index (κ1) is 14.9. The van der Waals surface area contributed by atoms with Gasteiger partial charge in [0, 0.05) is 13.1 Å². The van der Waals surface area contributed by atoms with Gasteiger partial charge >= 0.3 is 5.97 Å². The van der Waals surface area contributed by atoms with E-state index in [0.29, 0.717) is 0 Å². The summed E-state index contributed by atoms with van der Waals surface area (Å²) in [5.41, 5.74) is -0.789. The number of rotatable bonds is 3. The average Bonchev–Trinajstić information content (AvgIpc) is 2.40. The maximum atomic E-state index is 13.6. The number of carboxylic acids is 1. The fourth-order valence-electron chi connectivity index (χ4n) is 2.17. The zero-order valence-corrected chi connectivity index (χ0v) is 10.8. The summed E-state index contributed by atoms with van der Waals surface area (Å²) in [6.07, 6.45) is -0.631. The Kier molecular flexibility index (Phi) is 4.15. The van der Waals surface area contributed by atoms with Crippen molar-refractivity contribution >= 4 is 17.8 Å². The van der Waals surface area contributed by atoms with Crippen molar-refractivity contribution in [3.05, 3.63) is 35.4 Å². The normalized spacial score (nSPS) is 18.3. The molecular formula is C13H12F2N2O4. The fraction of sp³-hybridized carbons (Fsp3) is 0.308. The standard InChI is InChI=1S/C13H12F2N2O4/c14-7-2-1-3-8(15)11(7)13(21)17-5-4-16-12(20)9(17)6-10(18)19/h1-3,9H,4-6H2,(H,16,20)(H,18,19). The van der Waals surface area contributed by atoms with E-state index in [2.05, 4.69) is 5.32 Å². The molecule has 6 nitrogen and oxygen atoms in total. The molecule has 0 aliphatic carbocycles. The molecule has 1 atom stereocenters. The van der Waals surface area contributed by atoms with Gasteiger partial charge in [-0.2, -0.15) is 0 Å². The van der Waals surface area contributed by atoms with Crippen LogP contribution in [0, 0.1) is 11.6 Å². The summed E-state index contributed by atoms with van der Waals surface area (Å²) in [5.74, 6) is -5.09. The molecule has 1 aromatic carbocycles. The molecule has 1 aliphatic heterocycles. The van der Waals surface area contributed by atoms with E-state index in [4.69, 9.17) is 5.11 Å². The number of piperazine rings is 1. The molecule has 0 radical (unpaired) electrons. The van der Waals surface area contributed by atoms with Crippen molar-refractivity contribution in [1.29, 1.82) is 0 Å². The number of nitrogens with zero attached hydrogens (tertiary/aromatic N) is 1. The van der Waals surface area contributed by atoms with Crippen molar-refractivity contribution in [2.75, 3.05) is 13.1 Å². The van der Waals surface area contributed by atoms with E-state index in [1.807, 2.05) is 0 Å². The number of benzene rings is 1. The Bertz CT molecular complexity index is 586. The van der Waals surface area contributed by atoms with E-state index < -0.39 is 47.4 Å². The first-order valence-corrected chi connectivity index (χ1v) is 6.16. The Morgan fingerprint density at radius 3 is 2.52 bits per heavy atom. The van der Waals surface area contributed by atoms with Gasteiger partial charge in [-0.05, 0) is 12.1 Å². The molecule has 1 unspecified atom stereocenters. The average molecular weight is 298 g/mol. The molecule has 1 heterocycles. The van der Waals surface area contributed by atoms with Crippen molar-refractivity contribution in [3.63, 3.8) is 0 Å². The van der Waals surface area contributed by atoms with Crippen molar-refractivity contribution in [1.82, 2.24) is 10.2 Å². The summed E-state index contributed by atoms with van der Waals surface area (Å²) < 4.78 is 27.3. The predicted molar refractivity (Wildman–Crippen MR) is 66.4 cm³/mol. The van der Waals surface area contributed by atoms with E-state index in [9.17, 15) is 23.2 Å². The highest BCUT2D eigenvalue weighted by molar-refractivity contribution is 5.99. The lowest BCUT2D eigenvalue weighted by molar-refractivity contribution is -0.142. The van der Waals surface area contributed by atoms with Crippen LogP contribution < -0.4 is 5.32 Å². The van der Waals surface area contributed by atoms with Crippen LogP contribution in [0.3, 0.4) is 0 Å². The second-order valence-corrected chi connectivity index (χ2v) is 4.50. The van der Waals surface area contributed by atoms with Gasteiger partial charge < -0.3 is 15.3 Å². The highest BCUT2D eigenvalue weighted by Gasteiger charge is 2.36. The van der Waals surface area contributed by atoms with Crippen molar-refractivity contribution in [2.45, 2.75) is 12.5 Å². The highest BCUT2D eigenvalue weighted by atomic mass is 19.1. The number of nitrogens with one attached hydrogen (secondary N) is 1. The van der Waals surface area contributed by atoms with Gasteiger partial charge in [-0.1, -0.05) is 6.07 Å². The van der Waals surface area contributed by atoms with Gasteiger partial charge in [0.2, 0.25) is 5.91 Å². The van der Waals surface area contributed by atoms with Crippen LogP contribution in [0.25, 0.3) is 0 Å². The molecule has 21 heavy (non-hydrogen) atoms. The third-order valence-electron chi connectivity index (χ3n) is 3.14. The molecule has 2 N–H and O–H groups in total. The number of hydrogen-bond donors (Lipinski definition) is 2. The number of carboxylic acid groups (broad SMARTS) is 1. The van der Waals surface area contributed by atoms with Gasteiger partial charge in [0.15, 0.2) is 0 Å². The summed E-state index contributed by atoms with van der Waals surface area (Å²) in [7, 11) is 0. The molecule has 0 aromatic heterocycles. The molecule has 8 heteroatoms. The molecule has 0 spiro atoms. The van der Waals surface area contributed by atoms with Crippen molar-refractivity contribution in [3.8, 4) is 0 Å². The van der Waals surface area contributed by atoms with Crippen molar-refractivity contribution in [2.24, 2.45) is 0 Å². The second kappa shape index (κ2) is 5.86. The Labute approximate surface area is 118 Å². The quantitative estimate of drug-likeness (QED) is 0.844. The fourth-order valence-corrected chi connectivity index (χ4v) is 2.17. The number of carbonyl (C=O) groups excluding carboxylic acids is 2. The number of carbonyl (C=O) groups is 3. The van der Waals surface area contributed by atoms with Crippen LogP contribution in [-0.2, 0) is 9.59 Å². The molecule has 2 rings (SSSR count). The maximum Gasteiger partial charge on any atom is 0.305 e. The largest absolute Gasteiger partial charge is 0.481 e. The molecule has 0 saturated carbocycles. The summed E-state index contributed by atoms with van der Waals surface area (Å²) in [6, 6.07) is 1.67. The third kappa shape index (κ3) is 2.99. The van der Waals surface area contributed by atoms with Crippen LogP contribution in [-0.4, -0.2) is 46.9 Å². The summed E-state index contributed by atoms with van der Waals surface area (Å²) in [6.45, 7) is 0.0764. The van der Waals surface area contributed by atoms with E-state index in [-0.39, 0.29) is 13.1 Å². The molecule has 1 fully saturated rings. The Morgan fingerprint density at radius 2 is 1.95 bits per heavy atom. The third-order valence-corrected chi connectivity index (χ3v) is 3.14. The van der Waals surface area contributed by atoms with Crippen LogP contribution in [0.2, 0.25) is 0 Å². The van der Waals surface area contributed by atoms with E-state index in [0.717, 1.165) is 23.1 Å². The second-order valence-electron chi connectivity index (χ2n) is 4.50. The van der Waals surface area contributed by atoms with Crippen LogP contribution in [0.15, 0.2) is 18.2 Å². The van der Waals surface area contributed by atoms with Crippen LogP contribution in [0.1, 0.15) is 16.8 Å². The number of halogens is 2. The van der Waals surface area contributed by atoms with Crippen molar-refractivity contribution < 1.29 is 28.3 Å². The van der Waals surface area contributed by atoms with Gasteiger partial charge in [-0.3, -0.25) is 14.4 Å². The van der Waals surface area contributed by atoms with Crippen LogP contribution in [0.4, 0.5) is 8.78 Å². The minimum Gasteiger partial charge on any atom is -0.481 e. The topological polar surface area (TPSA) is 86.7 Å². The molecule has 1 aromatic rings. The lowest BCUT2D eigenvalue weighted by atomic mass is 10.1. The van der Waals surface area contributed by atoms with E-state index in [1.54, 1.807) is 0 Å². The zero-order valence-electron chi connectivity index (χ0n) is 10.8. The molecule has 0 bridgehead atoms. The summed E-state index contributed by atoms with van der Waals surface area (Å²) >= 11 is 0. The minimum absolute atomic E-state index is 0.0176. The van der Waals surface area contributed by atoms with E-state index >= 15 is 0 Å². The Morgan fingerprint density at radius 1 is 1.33 bits per heavy atom. The number of hydrogen-bond acceptors (Lipinski definition) is 3. The lowest BCUT2D eigenvalue weighted by Crippen LogP contribution is -2.58. The van der Waals surface area contributed by atoms with Gasteiger partial charge in [0.1, 0.15) is 23.2 Å². The molecule has 1 saturated heterocycles. The minimum atomic E-state index is -1.29. The SMILES string of the molecule is O=C(O)CC1C(=O)NCCN1C(=O)c1c(F)cccc1F. The smallest absolute Gasteiger partial charge is 0.305 e. The summed E-state index contributed by atoms with van der Waals surface area (Å²) in [5, 5.41) is 11.2. The number of aliphatic carboxylic acids is 1. The van der Waals surface area contributed by atoms with Crippen LogP contribution >= 0.6 is 0 Å². The zero-order chi connectivity index (χ0) is 15.6. The predicted octanol–water partition coefficient (Wildman–Crippen LogP) is 0.380. The molecule has 2 amide bonds. The highest BCUT2D eigenvalue weighted by Crippen LogP contribution is 2.18. The van der Waals surface area contributed by atoms with Gasteiger partial charge in [-0.15, -0.1) is 0 Å². The van der Waals surface area contributed by atoms with Gasteiger partial charge in [-0.25, -0.2) is 8.78 Å². The lowest BCUT2D eigenvalue weighted by Gasteiger charge is -2.34. The number of amides is 2. The first-order valence-electron chi connectivity index (χ1n) is 6.16. The monoisotopic (exact) mass is 298 g/mol. The molecular weight excluding hydrogens is 286 g/mol. The molecule has 1 aliphatic rings. The Hall–Kier alpha value is -2.51. The summed E-state index contributed by atoms with van der Waals surface area (Å²) in [4.78, 5) is 35.6. The maximum absolute atomic E-state index is 13.6.